The Labute approximate surface area is 195 Å². The van der Waals surface area contributed by atoms with Crippen LogP contribution in [0, 0.1) is 11.8 Å². The first kappa shape index (κ1) is 19.5. The van der Waals surface area contributed by atoms with Gasteiger partial charge in [-0.2, -0.15) is 0 Å². The van der Waals surface area contributed by atoms with Gasteiger partial charge < -0.3 is 9.22 Å². The minimum absolute atomic E-state index is 0.247. The Morgan fingerprint density at radius 2 is 1.64 bits per heavy atom. The average Bonchev–Trinajstić information content (AvgIpc) is 3.42. The number of ether oxygens (including phenoxy) is 1. The third kappa shape index (κ3) is 2.69. The number of fused-ring (bicyclic) bond motifs is 2. The molecular formula is C30H31N2O+. The molecule has 0 bridgehead atoms. The van der Waals surface area contributed by atoms with Gasteiger partial charge in [0.2, 0.25) is 5.88 Å². The van der Waals surface area contributed by atoms with Gasteiger partial charge in [-0.05, 0) is 53.4 Å². The molecule has 166 valence electrons. The molecule has 33 heavy (non-hydrogen) atoms. The number of pyridine rings is 1. The van der Waals surface area contributed by atoms with Crippen LogP contribution in [0.4, 0.5) is 0 Å². The zero-order valence-electron chi connectivity index (χ0n) is 19.3. The van der Waals surface area contributed by atoms with E-state index in [1.54, 1.807) is 0 Å². The number of hydrogen-bond acceptors (Lipinski definition) is 2. The van der Waals surface area contributed by atoms with Crippen LogP contribution in [0.25, 0.3) is 21.5 Å². The predicted octanol–water partition coefficient (Wildman–Crippen LogP) is 6.35. The van der Waals surface area contributed by atoms with E-state index in [1.807, 2.05) is 24.4 Å². The molecule has 3 heteroatoms. The molecule has 3 aromatic carbocycles. The van der Waals surface area contributed by atoms with E-state index in [-0.39, 0.29) is 11.6 Å². The molecule has 0 N–H and O–H groups in total. The summed E-state index contributed by atoms with van der Waals surface area (Å²) in [5.41, 5.74) is 1.81. The maximum Gasteiger partial charge on any atom is 0.213 e. The lowest BCUT2D eigenvalue weighted by molar-refractivity contribution is -0.965. The Balaban J connectivity index is 1.36. The van der Waals surface area contributed by atoms with E-state index in [4.69, 9.17) is 4.74 Å². The fraction of sp³-hybridized carbons (Fsp3) is 0.367. The molecule has 2 saturated heterocycles. The molecule has 3 heterocycles. The van der Waals surface area contributed by atoms with Crippen LogP contribution in [-0.2, 0) is 6.54 Å². The lowest BCUT2D eigenvalue weighted by Gasteiger charge is -2.44. The molecule has 5 atom stereocenters. The fourth-order valence-corrected chi connectivity index (χ4v) is 8.00. The highest BCUT2D eigenvalue weighted by Crippen LogP contribution is 2.61. The van der Waals surface area contributed by atoms with Crippen molar-refractivity contribution in [1.82, 2.24) is 4.98 Å². The average molecular weight is 436 g/mol. The highest BCUT2D eigenvalue weighted by Gasteiger charge is 2.71. The third-order valence-electron chi connectivity index (χ3n) is 9.56. The minimum atomic E-state index is 0.247. The molecule has 2 aliphatic heterocycles. The van der Waals surface area contributed by atoms with Crippen molar-refractivity contribution >= 4 is 21.5 Å². The largest absolute Gasteiger partial charge is 0.468 e. The maximum absolute atomic E-state index is 6.62. The van der Waals surface area contributed by atoms with Crippen molar-refractivity contribution in [3.05, 3.63) is 84.6 Å². The highest BCUT2D eigenvalue weighted by atomic mass is 16.5. The second-order valence-electron chi connectivity index (χ2n) is 10.7. The third-order valence-corrected chi connectivity index (χ3v) is 9.56. The second-order valence-corrected chi connectivity index (χ2v) is 10.7. The van der Waals surface area contributed by atoms with Crippen molar-refractivity contribution in [1.29, 1.82) is 0 Å². The number of hydrogen-bond donors (Lipinski definition) is 0. The molecule has 4 aromatic rings. The molecule has 1 saturated carbocycles. The van der Waals surface area contributed by atoms with Gasteiger partial charge in [0, 0.05) is 30.2 Å². The van der Waals surface area contributed by atoms with E-state index in [1.165, 1.54) is 52.9 Å². The van der Waals surface area contributed by atoms with Crippen molar-refractivity contribution in [2.75, 3.05) is 13.1 Å². The lowest BCUT2D eigenvalue weighted by atomic mass is 9.82. The smallest absolute Gasteiger partial charge is 0.213 e. The molecular weight excluding hydrogens is 404 g/mol. The normalized spacial score (nSPS) is 32.5. The number of aromatic nitrogens is 1. The van der Waals surface area contributed by atoms with Gasteiger partial charge in [-0.3, -0.25) is 0 Å². The maximum atomic E-state index is 6.62. The molecule has 1 aliphatic carbocycles. The second kappa shape index (κ2) is 7.04. The molecule has 7 rings (SSSR count). The molecule has 0 unspecified atom stereocenters. The summed E-state index contributed by atoms with van der Waals surface area (Å²) in [6, 6.07) is 26.3. The summed E-state index contributed by atoms with van der Waals surface area (Å²) in [5.74, 6) is 2.19. The number of nitrogens with zero attached hydrogens (tertiary/aromatic N) is 2. The Bertz CT molecular complexity index is 1300. The topological polar surface area (TPSA) is 22.1 Å². The van der Waals surface area contributed by atoms with Crippen molar-refractivity contribution in [3.63, 3.8) is 0 Å². The molecule has 0 spiro atoms. The van der Waals surface area contributed by atoms with Crippen LogP contribution in [-0.4, -0.2) is 34.2 Å². The standard InChI is InChI=1S/C30H31N2O/c1-30-23-13-14-27(30)28(33-29-12-6-7-16-31-29)20-32(30,17-15-23)19-26-24-10-4-2-8-21(24)18-22-9-3-5-11-25(22)26/h2-12,16,18,23,27-28H,13-15,17,19-20H2,1H3/q+1/t23-,27+,28+,30+,32+/m0/s1. The molecule has 0 amide bonds. The summed E-state index contributed by atoms with van der Waals surface area (Å²) in [6.07, 6.45) is 6.08. The quantitative estimate of drug-likeness (QED) is 0.275. The summed E-state index contributed by atoms with van der Waals surface area (Å²) in [5, 5.41) is 5.54. The first-order chi connectivity index (χ1) is 16.2. The van der Waals surface area contributed by atoms with E-state index >= 15 is 0 Å². The van der Waals surface area contributed by atoms with Crippen LogP contribution < -0.4 is 4.74 Å². The van der Waals surface area contributed by atoms with Crippen LogP contribution in [0.2, 0.25) is 0 Å². The Kier molecular flexibility index (Phi) is 4.17. The first-order valence-electron chi connectivity index (χ1n) is 12.5. The minimum Gasteiger partial charge on any atom is -0.468 e. The molecule has 0 radical (unpaired) electrons. The summed E-state index contributed by atoms with van der Waals surface area (Å²) in [6.45, 7) is 6.04. The van der Waals surface area contributed by atoms with Gasteiger partial charge in [0.05, 0.1) is 12.5 Å². The predicted molar refractivity (Wildman–Crippen MR) is 133 cm³/mol. The van der Waals surface area contributed by atoms with Gasteiger partial charge >= 0.3 is 0 Å². The van der Waals surface area contributed by atoms with Gasteiger partial charge in [0.25, 0.3) is 0 Å². The van der Waals surface area contributed by atoms with E-state index < -0.39 is 0 Å². The monoisotopic (exact) mass is 435 g/mol. The van der Waals surface area contributed by atoms with Crippen molar-refractivity contribution in [3.8, 4) is 5.88 Å². The van der Waals surface area contributed by atoms with Gasteiger partial charge in [-0.1, -0.05) is 54.6 Å². The Morgan fingerprint density at radius 1 is 0.909 bits per heavy atom. The molecule has 1 aromatic heterocycles. The van der Waals surface area contributed by atoms with E-state index in [2.05, 4.69) is 66.5 Å². The first-order valence-corrected chi connectivity index (χ1v) is 12.5. The molecule has 3 nitrogen and oxygen atoms in total. The van der Waals surface area contributed by atoms with Gasteiger partial charge in [0.1, 0.15) is 18.6 Å². The zero-order chi connectivity index (χ0) is 22.0. The van der Waals surface area contributed by atoms with Crippen LogP contribution in [0.1, 0.15) is 31.7 Å². The Morgan fingerprint density at radius 3 is 2.36 bits per heavy atom. The van der Waals surface area contributed by atoms with Gasteiger partial charge in [-0.15, -0.1) is 0 Å². The Hall–Kier alpha value is -2.91. The summed E-state index contributed by atoms with van der Waals surface area (Å²) in [4.78, 5) is 4.50. The van der Waals surface area contributed by atoms with Crippen LogP contribution >= 0.6 is 0 Å². The summed E-state index contributed by atoms with van der Waals surface area (Å²) >= 11 is 0. The van der Waals surface area contributed by atoms with Crippen LogP contribution in [0.15, 0.2) is 79.0 Å². The molecule has 3 fully saturated rings. The number of rotatable bonds is 4. The highest BCUT2D eigenvalue weighted by molar-refractivity contribution is 6.02. The van der Waals surface area contributed by atoms with Crippen LogP contribution in [0.3, 0.4) is 0 Å². The van der Waals surface area contributed by atoms with E-state index in [0.717, 1.165) is 29.4 Å². The van der Waals surface area contributed by atoms with E-state index in [9.17, 15) is 0 Å². The van der Waals surface area contributed by atoms with Crippen LogP contribution in [0.5, 0.6) is 5.88 Å². The lowest BCUT2D eigenvalue weighted by Crippen LogP contribution is -2.57. The van der Waals surface area contributed by atoms with Gasteiger partial charge in [0.15, 0.2) is 6.10 Å². The number of quaternary nitrogens is 1. The van der Waals surface area contributed by atoms with Crippen molar-refractivity contribution in [2.24, 2.45) is 11.8 Å². The molecule has 3 aliphatic rings. The van der Waals surface area contributed by atoms with E-state index in [0.29, 0.717) is 5.92 Å². The zero-order valence-corrected chi connectivity index (χ0v) is 19.3. The summed E-state index contributed by atoms with van der Waals surface area (Å²) in [7, 11) is 0. The van der Waals surface area contributed by atoms with Crippen molar-refractivity contribution in [2.45, 2.75) is 44.4 Å². The summed E-state index contributed by atoms with van der Waals surface area (Å²) < 4.78 is 7.78. The number of benzene rings is 3. The van der Waals surface area contributed by atoms with Gasteiger partial charge in [-0.25, -0.2) is 4.98 Å². The van der Waals surface area contributed by atoms with Crippen molar-refractivity contribution < 1.29 is 9.22 Å². The fourth-order valence-electron chi connectivity index (χ4n) is 8.00. The SMILES string of the molecule is C[C@@]12[C@H]3CC[C@@H]1[C@H](Oc1ccccn1)C[N@+]2(Cc1c2ccccc2cc2ccccc12)CC3.